The van der Waals surface area contributed by atoms with Crippen LogP contribution >= 0.6 is 0 Å². The van der Waals surface area contributed by atoms with E-state index in [2.05, 4.69) is 31.2 Å². The fourth-order valence-corrected chi connectivity index (χ4v) is 4.07. The third-order valence-corrected chi connectivity index (χ3v) is 5.69. The standard InChI is InChI=1S/C24H20F4/c1-2-14-3-5-15(6-4-14)16-7-9-19-18(11-16)13-22(27)23(24(19)28)17-8-10-20(25)21(26)12-17/h3-6,8,10,12-13,16H,2,7,9,11H2,1H3. The van der Waals surface area contributed by atoms with Gasteiger partial charge in [0.05, 0.1) is 5.56 Å². The van der Waals surface area contributed by atoms with E-state index in [0.29, 0.717) is 24.0 Å². The molecule has 0 nitrogen and oxygen atoms in total. The second kappa shape index (κ2) is 7.42. The highest BCUT2D eigenvalue weighted by molar-refractivity contribution is 5.67. The summed E-state index contributed by atoms with van der Waals surface area (Å²) < 4.78 is 56.6. The molecule has 0 saturated carbocycles. The monoisotopic (exact) mass is 384 g/mol. The molecule has 1 unspecified atom stereocenters. The molecule has 0 heterocycles. The van der Waals surface area contributed by atoms with Gasteiger partial charge in [0, 0.05) is 0 Å². The summed E-state index contributed by atoms with van der Waals surface area (Å²) in [6.07, 6.45) is 2.78. The van der Waals surface area contributed by atoms with Gasteiger partial charge in [0.2, 0.25) is 0 Å². The summed E-state index contributed by atoms with van der Waals surface area (Å²) in [7, 11) is 0. The number of halogens is 4. The lowest BCUT2D eigenvalue weighted by Crippen LogP contribution is -2.15. The summed E-state index contributed by atoms with van der Waals surface area (Å²) in [6.45, 7) is 2.10. The van der Waals surface area contributed by atoms with Gasteiger partial charge in [-0.3, -0.25) is 0 Å². The van der Waals surface area contributed by atoms with E-state index in [1.807, 2.05) is 0 Å². The number of fused-ring (bicyclic) bond motifs is 1. The molecule has 0 radical (unpaired) electrons. The van der Waals surface area contributed by atoms with Crippen molar-refractivity contribution < 1.29 is 17.6 Å². The molecule has 1 aliphatic carbocycles. The van der Waals surface area contributed by atoms with Gasteiger partial charge in [0.25, 0.3) is 0 Å². The summed E-state index contributed by atoms with van der Waals surface area (Å²) in [4.78, 5) is 0. The maximum absolute atomic E-state index is 15.1. The quantitative estimate of drug-likeness (QED) is 0.439. The van der Waals surface area contributed by atoms with Crippen molar-refractivity contribution in [3.63, 3.8) is 0 Å². The predicted octanol–water partition coefficient (Wildman–Crippen LogP) is 6.74. The molecule has 1 aliphatic rings. The van der Waals surface area contributed by atoms with Crippen LogP contribution in [0.4, 0.5) is 17.6 Å². The summed E-state index contributed by atoms with van der Waals surface area (Å²) >= 11 is 0. The molecule has 0 aromatic heterocycles. The molecule has 3 aromatic rings. The first-order valence-electron chi connectivity index (χ1n) is 9.52. The molecule has 0 spiro atoms. The van der Waals surface area contributed by atoms with E-state index in [0.717, 1.165) is 25.0 Å². The molecule has 0 amide bonds. The maximum Gasteiger partial charge on any atom is 0.159 e. The highest BCUT2D eigenvalue weighted by Gasteiger charge is 2.27. The van der Waals surface area contributed by atoms with Crippen LogP contribution in [0.1, 0.15) is 41.5 Å². The summed E-state index contributed by atoms with van der Waals surface area (Å²) in [5, 5.41) is 0. The molecule has 0 bridgehead atoms. The topological polar surface area (TPSA) is 0 Å². The normalized spacial score (nSPS) is 16.1. The Morgan fingerprint density at radius 1 is 0.857 bits per heavy atom. The van der Waals surface area contributed by atoms with Gasteiger partial charge < -0.3 is 0 Å². The number of aryl methyl sites for hydroxylation is 1. The van der Waals surface area contributed by atoms with E-state index in [4.69, 9.17) is 0 Å². The highest BCUT2D eigenvalue weighted by Crippen LogP contribution is 2.38. The second-order valence-corrected chi connectivity index (χ2v) is 7.35. The van der Waals surface area contributed by atoms with Crippen LogP contribution in [-0.2, 0) is 19.3 Å². The minimum Gasteiger partial charge on any atom is -0.206 e. The fraction of sp³-hybridized carbons (Fsp3) is 0.250. The van der Waals surface area contributed by atoms with Crippen molar-refractivity contribution >= 4 is 0 Å². The zero-order valence-corrected chi connectivity index (χ0v) is 15.5. The lowest BCUT2D eigenvalue weighted by Gasteiger charge is -2.26. The Morgan fingerprint density at radius 2 is 1.61 bits per heavy atom. The molecule has 144 valence electrons. The van der Waals surface area contributed by atoms with E-state index < -0.39 is 23.3 Å². The van der Waals surface area contributed by atoms with Crippen LogP contribution in [0.2, 0.25) is 0 Å². The third-order valence-electron chi connectivity index (χ3n) is 5.69. The van der Waals surface area contributed by atoms with Crippen molar-refractivity contribution in [3.05, 3.63) is 94.1 Å². The van der Waals surface area contributed by atoms with Crippen LogP contribution in [0, 0.1) is 23.3 Å². The zero-order valence-electron chi connectivity index (χ0n) is 15.5. The van der Waals surface area contributed by atoms with Gasteiger partial charge in [-0.25, -0.2) is 17.6 Å². The average Bonchev–Trinajstić information content (AvgIpc) is 2.70. The van der Waals surface area contributed by atoms with Gasteiger partial charge >= 0.3 is 0 Å². The van der Waals surface area contributed by atoms with Crippen molar-refractivity contribution in [2.75, 3.05) is 0 Å². The van der Waals surface area contributed by atoms with E-state index in [1.54, 1.807) is 0 Å². The lowest BCUT2D eigenvalue weighted by atomic mass is 9.78. The molecule has 4 rings (SSSR count). The molecule has 0 fully saturated rings. The van der Waals surface area contributed by atoms with Gasteiger partial charge in [-0.1, -0.05) is 37.3 Å². The van der Waals surface area contributed by atoms with Crippen LogP contribution in [0.25, 0.3) is 11.1 Å². The van der Waals surface area contributed by atoms with Crippen LogP contribution < -0.4 is 0 Å². The molecule has 28 heavy (non-hydrogen) atoms. The van der Waals surface area contributed by atoms with Gasteiger partial charge in [-0.15, -0.1) is 0 Å². The molecule has 0 aliphatic heterocycles. The molecule has 0 saturated heterocycles. The van der Waals surface area contributed by atoms with Crippen molar-refractivity contribution in [2.24, 2.45) is 0 Å². The van der Waals surface area contributed by atoms with Gasteiger partial charge in [-0.2, -0.15) is 0 Å². The van der Waals surface area contributed by atoms with E-state index in [1.165, 1.54) is 23.3 Å². The van der Waals surface area contributed by atoms with Crippen LogP contribution in [0.15, 0.2) is 48.5 Å². The van der Waals surface area contributed by atoms with Crippen molar-refractivity contribution in [2.45, 2.75) is 38.5 Å². The molecule has 3 aromatic carbocycles. The average molecular weight is 384 g/mol. The molecule has 4 heteroatoms. The Balaban J connectivity index is 1.69. The SMILES string of the molecule is CCc1ccc(C2CCc3c(cc(F)c(-c4ccc(F)c(F)c4)c3F)C2)cc1. The van der Waals surface area contributed by atoms with E-state index >= 15 is 4.39 Å². The molecular formula is C24H20F4. The lowest BCUT2D eigenvalue weighted by molar-refractivity contribution is 0.508. The van der Waals surface area contributed by atoms with Crippen molar-refractivity contribution in [3.8, 4) is 11.1 Å². The van der Waals surface area contributed by atoms with Gasteiger partial charge in [0.15, 0.2) is 11.6 Å². The van der Waals surface area contributed by atoms with Crippen LogP contribution in [-0.4, -0.2) is 0 Å². The van der Waals surface area contributed by atoms with E-state index in [-0.39, 0.29) is 17.0 Å². The smallest absolute Gasteiger partial charge is 0.159 e. The first-order chi connectivity index (χ1) is 13.5. The van der Waals surface area contributed by atoms with Crippen molar-refractivity contribution in [1.29, 1.82) is 0 Å². The third kappa shape index (κ3) is 3.32. The van der Waals surface area contributed by atoms with Gasteiger partial charge in [-0.05, 0) is 77.6 Å². The highest BCUT2D eigenvalue weighted by atomic mass is 19.2. The summed E-state index contributed by atoms with van der Waals surface area (Å²) in [6, 6.07) is 12.7. The molecular weight excluding hydrogens is 364 g/mol. The molecule has 0 N–H and O–H groups in total. The Morgan fingerprint density at radius 3 is 2.29 bits per heavy atom. The first kappa shape index (κ1) is 18.7. The second-order valence-electron chi connectivity index (χ2n) is 7.35. The zero-order chi connectivity index (χ0) is 19.8. The van der Waals surface area contributed by atoms with Gasteiger partial charge in [0.1, 0.15) is 11.6 Å². The first-order valence-corrected chi connectivity index (χ1v) is 9.52. The Hall–Kier alpha value is -2.62. The minimum absolute atomic E-state index is 0.00831. The number of hydrogen-bond donors (Lipinski definition) is 0. The summed E-state index contributed by atoms with van der Waals surface area (Å²) in [5.41, 5.74) is 3.28. The Labute approximate surface area is 161 Å². The largest absolute Gasteiger partial charge is 0.206 e. The summed E-state index contributed by atoms with van der Waals surface area (Å²) in [5.74, 6) is -3.36. The Kier molecular flexibility index (Phi) is 4.96. The minimum atomic E-state index is -1.12. The Bertz CT molecular complexity index is 1020. The van der Waals surface area contributed by atoms with Crippen molar-refractivity contribution in [1.82, 2.24) is 0 Å². The predicted molar refractivity (Wildman–Crippen MR) is 102 cm³/mol. The number of rotatable bonds is 3. The maximum atomic E-state index is 15.1. The van der Waals surface area contributed by atoms with E-state index in [9.17, 15) is 13.2 Å². The molecule has 1 atom stereocenters. The fourth-order valence-electron chi connectivity index (χ4n) is 4.07. The van der Waals surface area contributed by atoms with Crippen LogP contribution in [0.5, 0.6) is 0 Å². The number of benzene rings is 3. The van der Waals surface area contributed by atoms with Crippen LogP contribution in [0.3, 0.4) is 0 Å². The number of hydrogen-bond acceptors (Lipinski definition) is 0.